The molecule has 4 N–H and O–H groups in total. The van der Waals surface area contributed by atoms with Gasteiger partial charge in [0.25, 0.3) is 0 Å². The molecular formula is C9H12N4O. The summed E-state index contributed by atoms with van der Waals surface area (Å²) in [6.07, 6.45) is 3.84. The van der Waals surface area contributed by atoms with Gasteiger partial charge >= 0.3 is 0 Å². The fourth-order valence-electron chi connectivity index (χ4n) is 1.14. The summed E-state index contributed by atoms with van der Waals surface area (Å²) in [7, 11) is 0. The van der Waals surface area contributed by atoms with Crippen LogP contribution in [0, 0.1) is 0 Å². The first-order valence-corrected chi connectivity index (χ1v) is 4.53. The molecule has 0 unspecified atom stereocenters. The molecule has 5 heteroatoms. The van der Waals surface area contributed by atoms with Crippen molar-refractivity contribution in [2.24, 2.45) is 10.8 Å². The van der Waals surface area contributed by atoms with Crippen molar-refractivity contribution in [3.63, 3.8) is 0 Å². The molecule has 5 nitrogen and oxygen atoms in total. The normalized spacial score (nSPS) is 16.8. The van der Waals surface area contributed by atoms with Crippen molar-refractivity contribution in [2.45, 2.75) is 18.9 Å². The number of nitrogens with two attached hydrogens (primary N) is 1. The third kappa shape index (κ3) is 2.00. The molecule has 1 fully saturated rings. The zero-order chi connectivity index (χ0) is 9.97. The molecule has 0 radical (unpaired) electrons. The summed E-state index contributed by atoms with van der Waals surface area (Å²) in [4.78, 5) is 17.8. The van der Waals surface area contributed by atoms with Crippen LogP contribution >= 0.6 is 0 Å². The number of rotatable bonds is 2. The molecule has 0 aliphatic heterocycles. The van der Waals surface area contributed by atoms with Crippen molar-refractivity contribution < 1.29 is 0 Å². The average molecular weight is 192 g/mol. The van der Waals surface area contributed by atoms with Gasteiger partial charge in [-0.2, -0.15) is 0 Å². The van der Waals surface area contributed by atoms with E-state index < -0.39 is 0 Å². The lowest BCUT2D eigenvalue weighted by atomic mass is 10.2. The highest BCUT2D eigenvalue weighted by Crippen LogP contribution is 2.23. The smallest absolute Gasteiger partial charge is 0.247 e. The SMILES string of the molecule is NNC(=NC1CC1)c1ccc(=O)[nH]c1. The molecule has 1 aliphatic rings. The van der Waals surface area contributed by atoms with Crippen LogP contribution in [0.1, 0.15) is 18.4 Å². The molecule has 0 amide bonds. The maximum Gasteiger partial charge on any atom is 0.247 e. The van der Waals surface area contributed by atoms with Gasteiger partial charge in [0.15, 0.2) is 0 Å². The lowest BCUT2D eigenvalue weighted by Crippen LogP contribution is -2.32. The van der Waals surface area contributed by atoms with Gasteiger partial charge in [-0.1, -0.05) is 0 Å². The number of aliphatic imine (C=N–C) groups is 1. The van der Waals surface area contributed by atoms with Crippen molar-refractivity contribution in [3.05, 3.63) is 34.2 Å². The van der Waals surface area contributed by atoms with Crippen molar-refractivity contribution in [3.8, 4) is 0 Å². The number of hydrogen-bond acceptors (Lipinski definition) is 3. The molecular weight excluding hydrogens is 180 g/mol. The van der Waals surface area contributed by atoms with Crippen molar-refractivity contribution in [1.29, 1.82) is 0 Å². The number of amidine groups is 1. The van der Waals surface area contributed by atoms with Crippen LogP contribution in [0.5, 0.6) is 0 Å². The first kappa shape index (κ1) is 8.96. The van der Waals surface area contributed by atoms with Crippen LogP contribution in [0.3, 0.4) is 0 Å². The summed E-state index contributed by atoms with van der Waals surface area (Å²) in [5.74, 6) is 5.97. The van der Waals surface area contributed by atoms with Crippen LogP contribution in [-0.4, -0.2) is 16.9 Å². The van der Waals surface area contributed by atoms with E-state index in [1.165, 1.54) is 6.07 Å². The van der Waals surface area contributed by atoms with Crippen molar-refractivity contribution >= 4 is 5.84 Å². The van der Waals surface area contributed by atoms with Crippen molar-refractivity contribution in [2.75, 3.05) is 0 Å². The van der Waals surface area contributed by atoms with Gasteiger partial charge < -0.3 is 10.4 Å². The van der Waals surface area contributed by atoms with E-state index in [2.05, 4.69) is 15.4 Å². The second-order valence-electron chi connectivity index (χ2n) is 3.29. The first-order chi connectivity index (χ1) is 6.79. The Labute approximate surface area is 81.0 Å². The number of nitrogens with zero attached hydrogens (tertiary/aromatic N) is 1. The van der Waals surface area contributed by atoms with Gasteiger partial charge in [-0.15, -0.1) is 0 Å². The van der Waals surface area contributed by atoms with E-state index in [1.54, 1.807) is 12.3 Å². The minimum absolute atomic E-state index is 0.128. The summed E-state index contributed by atoms with van der Waals surface area (Å²) in [5, 5.41) is 0. The zero-order valence-electron chi connectivity index (χ0n) is 7.66. The van der Waals surface area contributed by atoms with E-state index in [-0.39, 0.29) is 5.56 Å². The Morgan fingerprint density at radius 1 is 1.57 bits per heavy atom. The van der Waals surface area contributed by atoms with Gasteiger partial charge in [0.1, 0.15) is 5.84 Å². The number of pyridine rings is 1. The van der Waals surface area contributed by atoms with E-state index in [0.29, 0.717) is 11.9 Å². The fourth-order valence-corrected chi connectivity index (χ4v) is 1.14. The summed E-state index contributed by atoms with van der Waals surface area (Å²) >= 11 is 0. The van der Waals surface area contributed by atoms with Gasteiger partial charge in [0.2, 0.25) is 5.56 Å². The summed E-state index contributed by atoms with van der Waals surface area (Å²) in [5.41, 5.74) is 3.21. The Kier molecular flexibility index (Phi) is 2.32. The Morgan fingerprint density at radius 3 is 2.86 bits per heavy atom. The van der Waals surface area contributed by atoms with Gasteiger partial charge in [-0.25, -0.2) is 5.84 Å². The first-order valence-electron chi connectivity index (χ1n) is 4.53. The molecule has 1 aliphatic carbocycles. The Bertz CT molecular complexity index is 385. The maximum atomic E-state index is 10.8. The molecule has 0 aromatic carbocycles. The molecule has 1 aromatic heterocycles. The quantitative estimate of drug-likeness (QED) is 0.261. The van der Waals surface area contributed by atoms with E-state index >= 15 is 0 Å². The van der Waals surface area contributed by atoms with Crippen LogP contribution in [0.2, 0.25) is 0 Å². The molecule has 2 rings (SSSR count). The highest BCUT2D eigenvalue weighted by Gasteiger charge is 2.21. The van der Waals surface area contributed by atoms with Crippen LogP contribution in [0.25, 0.3) is 0 Å². The number of aromatic nitrogens is 1. The Balaban J connectivity index is 2.26. The molecule has 1 aromatic rings. The standard InChI is InChI=1S/C9H12N4O/c10-13-9(12-7-2-3-7)6-1-4-8(14)11-5-6/h1,4-5,7H,2-3,10H2,(H,11,14)(H,12,13). The zero-order valence-corrected chi connectivity index (χ0v) is 7.66. The molecule has 0 bridgehead atoms. The number of H-pyrrole nitrogens is 1. The lowest BCUT2D eigenvalue weighted by Gasteiger charge is -2.04. The second-order valence-corrected chi connectivity index (χ2v) is 3.29. The largest absolute Gasteiger partial charge is 0.328 e. The summed E-state index contributed by atoms with van der Waals surface area (Å²) in [6.45, 7) is 0. The number of nitrogens with one attached hydrogen (secondary N) is 2. The van der Waals surface area contributed by atoms with Gasteiger partial charge in [0, 0.05) is 17.8 Å². The topological polar surface area (TPSA) is 83.3 Å². The van der Waals surface area contributed by atoms with E-state index in [9.17, 15) is 4.79 Å². The maximum absolute atomic E-state index is 10.8. The Morgan fingerprint density at radius 2 is 2.36 bits per heavy atom. The molecule has 74 valence electrons. The van der Waals surface area contributed by atoms with Crippen LogP contribution < -0.4 is 16.8 Å². The second kappa shape index (κ2) is 3.63. The molecule has 0 spiro atoms. The van der Waals surface area contributed by atoms with Crippen molar-refractivity contribution in [1.82, 2.24) is 10.4 Å². The molecule has 0 atom stereocenters. The third-order valence-corrected chi connectivity index (χ3v) is 2.05. The number of hydrogen-bond donors (Lipinski definition) is 3. The number of aromatic amines is 1. The highest BCUT2D eigenvalue weighted by atomic mass is 16.1. The molecule has 14 heavy (non-hydrogen) atoms. The average Bonchev–Trinajstić information content (AvgIpc) is 3.00. The van der Waals surface area contributed by atoms with Gasteiger partial charge in [-0.3, -0.25) is 9.79 Å². The van der Waals surface area contributed by atoms with Gasteiger partial charge in [0.05, 0.1) is 6.04 Å². The van der Waals surface area contributed by atoms with E-state index in [4.69, 9.17) is 5.84 Å². The van der Waals surface area contributed by atoms with E-state index in [1.807, 2.05) is 0 Å². The summed E-state index contributed by atoms with van der Waals surface area (Å²) < 4.78 is 0. The predicted molar refractivity (Wildman–Crippen MR) is 53.9 cm³/mol. The van der Waals surface area contributed by atoms with E-state index in [0.717, 1.165) is 18.4 Å². The highest BCUT2D eigenvalue weighted by molar-refractivity contribution is 5.98. The molecule has 1 saturated carbocycles. The van der Waals surface area contributed by atoms with Crippen LogP contribution in [0.4, 0.5) is 0 Å². The predicted octanol–water partition coefficient (Wildman–Crippen LogP) is -0.253. The summed E-state index contributed by atoms with van der Waals surface area (Å²) in [6, 6.07) is 3.54. The third-order valence-electron chi connectivity index (χ3n) is 2.05. The molecule has 1 heterocycles. The molecule has 0 saturated heterocycles. The Hall–Kier alpha value is -1.62. The minimum Gasteiger partial charge on any atom is -0.328 e. The van der Waals surface area contributed by atoms with Crippen LogP contribution in [0.15, 0.2) is 28.1 Å². The lowest BCUT2D eigenvalue weighted by molar-refractivity contribution is 0.968. The van der Waals surface area contributed by atoms with Gasteiger partial charge in [-0.05, 0) is 18.9 Å². The fraction of sp³-hybridized carbons (Fsp3) is 0.333. The minimum atomic E-state index is -0.128. The number of hydrazine groups is 1. The monoisotopic (exact) mass is 192 g/mol. The van der Waals surface area contributed by atoms with Crippen LogP contribution in [-0.2, 0) is 0 Å².